The van der Waals surface area contributed by atoms with Crippen molar-refractivity contribution in [3.63, 3.8) is 0 Å². The van der Waals surface area contributed by atoms with E-state index in [1.54, 1.807) is 16.7 Å². The number of nitrogens with one attached hydrogen (secondary N) is 1. The average molecular weight is 286 g/mol. The van der Waals surface area contributed by atoms with E-state index < -0.39 is 5.97 Å². The Labute approximate surface area is 118 Å². The molecule has 1 aliphatic carbocycles. The summed E-state index contributed by atoms with van der Waals surface area (Å²) in [5.41, 5.74) is 0. The molecule has 2 unspecified atom stereocenters. The lowest BCUT2D eigenvalue weighted by atomic mass is 10.1. The predicted molar refractivity (Wildman–Crippen MR) is 75.4 cm³/mol. The van der Waals surface area contributed by atoms with Gasteiger partial charge in [0.2, 0.25) is 0 Å². The first-order chi connectivity index (χ1) is 9.06. The number of amides is 2. The highest BCUT2D eigenvalue weighted by molar-refractivity contribution is 7.99. The Morgan fingerprint density at radius 1 is 1.47 bits per heavy atom. The molecule has 2 aliphatic rings. The number of hydrogen-bond donors (Lipinski definition) is 2. The maximum absolute atomic E-state index is 12.2. The molecule has 1 heterocycles. The van der Waals surface area contributed by atoms with Gasteiger partial charge in [-0.3, -0.25) is 4.79 Å². The molecular weight excluding hydrogens is 264 g/mol. The van der Waals surface area contributed by atoms with E-state index >= 15 is 0 Å². The second kappa shape index (κ2) is 6.50. The summed E-state index contributed by atoms with van der Waals surface area (Å²) in [6, 6.07) is -0.0934. The highest BCUT2D eigenvalue weighted by Gasteiger charge is 2.30. The Morgan fingerprint density at radius 3 is 2.84 bits per heavy atom. The highest BCUT2D eigenvalue weighted by atomic mass is 32.2. The second-order valence-electron chi connectivity index (χ2n) is 5.55. The largest absolute Gasteiger partial charge is 0.481 e. The van der Waals surface area contributed by atoms with E-state index in [-0.39, 0.29) is 24.5 Å². The van der Waals surface area contributed by atoms with E-state index in [2.05, 4.69) is 5.32 Å². The Kier molecular flexibility index (Phi) is 4.96. The first kappa shape index (κ1) is 14.5. The number of carbonyl (C=O) groups excluding carboxylic acids is 1. The SMILES string of the molecule is CC(CC1CC1)NC(=O)N1CCSCC1CC(=O)O. The van der Waals surface area contributed by atoms with Gasteiger partial charge in [0.1, 0.15) is 0 Å². The summed E-state index contributed by atoms with van der Waals surface area (Å²) in [6.07, 6.45) is 3.64. The minimum absolute atomic E-state index is 0.0391. The van der Waals surface area contributed by atoms with Crippen LogP contribution in [0.25, 0.3) is 0 Å². The van der Waals surface area contributed by atoms with E-state index in [0.29, 0.717) is 6.54 Å². The fourth-order valence-electron chi connectivity index (χ4n) is 2.50. The molecule has 0 aromatic carbocycles. The summed E-state index contributed by atoms with van der Waals surface area (Å²) in [4.78, 5) is 24.8. The second-order valence-corrected chi connectivity index (χ2v) is 6.70. The van der Waals surface area contributed by atoms with Gasteiger partial charge in [-0.1, -0.05) is 12.8 Å². The van der Waals surface area contributed by atoms with Crippen LogP contribution in [0.4, 0.5) is 4.79 Å². The first-order valence-electron chi connectivity index (χ1n) is 6.93. The van der Waals surface area contributed by atoms with Crippen molar-refractivity contribution >= 4 is 23.8 Å². The van der Waals surface area contributed by atoms with Crippen molar-refractivity contribution < 1.29 is 14.7 Å². The third-order valence-corrected chi connectivity index (χ3v) is 4.74. The van der Waals surface area contributed by atoms with Crippen molar-refractivity contribution in [1.82, 2.24) is 10.2 Å². The van der Waals surface area contributed by atoms with Crippen LogP contribution in [0.3, 0.4) is 0 Å². The Balaban J connectivity index is 1.84. The minimum atomic E-state index is -0.837. The first-order valence-corrected chi connectivity index (χ1v) is 8.08. The summed E-state index contributed by atoms with van der Waals surface area (Å²) in [6.45, 7) is 2.67. The zero-order valence-corrected chi connectivity index (χ0v) is 12.1. The molecule has 0 radical (unpaired) electrons. The topological polar surface area (TPSA) is 69.6 Å². The summed E-state index contributed by atoms with van der Waals surface area (Å²) in [5.74, 6) is 1.55. The summed E-state index contributed by atoms with van der Waals surface area (Å²) in [7, 11) is 0. The number of carbonyl (C=O) groups is 2. The third kappa shape index (κ3) is 4.60. The summed E-state index contributed by atoms with van der Waals surface area (Å²) < 4.78 is 0. The fourth-order valence-corrected chi connectivity index (χ4v) is 3.56. The average Bonchev–Trinajstić information content (AvgIpc) is 3.12. The van der Waals surface area contributed by atoms with Gasteiger partial charge in [-0.25, -0.2) is 4.79 Å². The molecule has 19 heavy (non-hydrogen) atoms. The molecule has 2 rings (SSSR count). The molecule has 0 aromatic heterocycles. The molecule has 2 fully saturated rings. The van der Waals surface area contributed by atoms with Crippen LogP contribution in [-0.2, 0) is 4.79 Å². The number of carboxylic acids is 1. The van der Waals surface area contributed by atoms with Crippen LogP contribution >= 0.6 is 11.8 Å². The van der Waals surface area contributed by atoms with Gasteiger partial charge in [-0.15, -0.1) is 0 Å². The normalized spacial score (nSPS) is 24.9. The van der Waals surface area contributed by atoms with Crippen LogP contribution in [-0.4, -0.2) is 52.1 Å². The molecule has 1 saturated heterocycles. The van der Waals surface area contributed by atoms with E-state index in [0.717, 1.165) is 23.8 Å². The maximum Gasteiger partial charge on any atom is 0.317 e. The van der Waals surface area contributed by atoms with Crippen molar-refractivity contribution in [2.45, 2.75) is 44.7 Å². The van der Waals surface area contributed by atoms with Crippen LogP contribution in [0.15, 0.2) is 0 Å². The van der Waals surface area contributed by atoms with E-state index in [9.17, 15) is 9.59 Å². The Morgan fingerprint density at radius 2 is 2.21 bits per heavy atom. The third-order valence-electron chi connectivity index (χ3n) is 3.65. The maximum atomic E-state index is 12.2. The zero-order valence-electron chi connectivity index (χ0n) is 11.3. The number of carboxylic acid groups (broad SMARTS) is 1. The predicted octanol–water partition coefficient (Wildman–Crippen LogP) is 1.78. The molecule has 0 bridgehead atoms. The number of rotatable bonds is 5. The molecule has 2 atom stereocenters. The molecule has 5 nitrogen and oxygen atoms in total. The van der Waals surface area contributed by atoms with Crippen molar-refractivity contribution in [3.8, 4) is 0 Å². The van der Waals surface area contributed by atoms with Gasteiger partial charge in [0, 0.05) is 24.1 Å². The highest BCUT2D eigenvalue weighted by Crippen LogP contribution is 2.33. The molecule has 108 valence electrons. The van der Waals surface area contributed by atoms with Crippen LogP contribution < -0.4 is 5.32 Å². The summed E-state index contributed by atoms with van der Waals surface area (Å²) >= 11 is 1.72. The van der Waals surface area contributed by atoms with E-state index in [1.807, 2.05) is 6.92 Å². The lowest BCUT2D eigenvalue weighted by Gasteiger charge is -2.35. The molecule has 1 aliphatic heterocycles. The standard InChI is InChI=1S/C13H22N2O3S/c1-9(6-10-2-3-10)14-13(18)15-4-5-19-8-11(15)7-12(16)17/h9-11H,2-8H2,1H3,(H,14,18)(H,16,17). The smallest absolute Gasteiger partial charge is 0.317 e. The molecule has 6 heteroatoms. The molecular formula is C13H22N2O3S. The van der Waals surface area contributed by atoms with E-state index in [1.165, 1.54) is 12.8 Å². The van der Waals surface area contributed by atoms with Crippen LogP contribution in [0, 0.1) is 5.92 Å². The molecule has 0 aromatic rings. The van der Waals surface area contributed by atoms with Gasteiger partial charge in [-0.05, 0) is 19.3 Å². The van der Waals surface area contributed by atoms with Crippen LogP contribution in [0.5, 0.6) is 0 Å². The quantitative estimate of drug-likeness (QED) is 0.808. The molecule has 2 amide bonds. The van der Waals surface area contributed by atoms with Crippen molar-refractivity contribution in [3.05, 3.63) is 0 Å². The zero-order chi connectivity index (χ0) is 13.8. The summed E-state index contributed by atoms with van der Waals surface area (Å²) in [5, 5.41) is 11.9. The van der Waals surface area contributed by atoms with Crippen LogP contribution in [0.1, 0.15) is 32.6 Å². The molecule has 0 spiro atoms. The number of thioether (sulfide) groups is 1. The van der Waals surface area contributed by atoms with Crippen molar-refractivity contribution in [2.24, 2.45) is 5.92 Å². The van der Waals surface area contributed by atoms with E-state index in [4.69, 9.17) is 5.11 Å². The Hall–Kier alpha value is -0.910. The lowest BCUT2D eigenvalue weighted by Crippen LogP contribution is -2.53. The molecule has 1 saturated carbocycles. The lowest BCUT2D eigenvalue weighted by molar-refractivity contribution is -0.137. The Bertz CT molecular complexity index is 347. The van der Waals surface area contributed by atoms with Crippen molar-refractivity contribution in [1.29, 1.82) is 0 Å². The van der Waals surface area contributed by atoms with Gasteiger partial charge in [0.15, 0.2) is 0 Å². The minimum Gasteiger partial charge on any atom is -0.481 e. The fraction of sp³-hybridized carbons (Fsp3) is 0.846. The number of urea groups is 1. The van der Waals surface area contributed by atoms with Crippen LogP contribution in [0.2, 0.25) is 0 Å². The van der Waals surface area contributed by atoms with Gasteiger partial charge in [0.05, 0.1) is 12.5 Å². The number of aliphatic carboxylic acids is 1. The van der Waals surface area contributed by atoms with Gasteiger partial charge in [-0.2, -0.15) is 11.8 Å². The monoisotopic (exact) mass is 286 g/mol. The van der Waals surface area contributed by atoms with Gasteiger partial charge < -0.3 is 15.3 Å². The van der Waals surface area contributed by atoms with Crippen molar-refractivity contribution in [2.75, 3.05) is 18.1 Å². The van der Waals surface area contributed by atoms with Gasteiger partial charge in [0.25, 0.3) is 0 Å². The number of nitrogens with zero attached hydrogens (tertiary/aromatic N) is 1. The van der Waals surface area contributed by atoms with Gasteiger partial charge >= 0.3 is 12.0 Å². The number of hydrogen-bond acceptors (Lipinski definition) is 3. The molecule has 2 N–H and O–H groups in total.